The molecular weight excluding hydrogens is 637 g/mol. The van der Waals surface area contributed by atoms with Gasteiger partial charge in [-0.15, -0.1) is 10.8 Å². The molecule has 0 unspecified atom stereocenters. The molecule has 6 N–H and O–H groups in total. The van der Waals surface area contributed by atoms with Crippen LogP contribution < -0.4 is 14.9 Å². The molecule has 4 aromatic rings. The molecule has 1 amide bonds. The highest BCUT2D eigenvalue weighted by atomic mass is 32.3. The highest BCUT2D eigenvalue weighted by molar-refractivity contribution is 8.25. The van der Waals surface area contributed by atoms with Crippen LogP contribution in [0.4, 0.5) is 18.9 Å². The zero-order chi connectivity index (χ0) is 33.9. The zero-order valence-corrected chi connectivity index (χ0v) is 26.4. The predicted octanol–water partition coefficient (Wildman–Crippen LogP) is 5.28. The molecule has 3 aromatic carbocycles. The standard InChI is InChI=1S/C33H37F3N4O6S/c1-2-23-19-39-11-12-47(45,46)40(20-30(42)43)28-16-24(15-26(23)31(28)39)32(44)38-27(14-21-7-4-3-5-8-21)29(41)18-37-17-22-9-6-10-25(13-22)33(34,35)36/h3-10,13,15-16,19,27,29,37,41,45-46H,2,11-12,14,17-18,20H2,1H3,(H,38,44)(H,42,43)/t27-,29+/m0/s1. The van der Waals surface area contributed by atoms with Crippen molar-refractivity contribution in [3.05, 3.63) is 101 Å². The van der Waals surface area contributed by atoms with Crippen LogP contribution in [0.1, 0.15) is 39.5 Å². The second-order valence-electron chi connectivity index (χ2n) is 11.5. The van der Waals surface area contributed by atoms with E-state index in [2.05, 4.69) is 10.6 Å². The third-order valence-electron chi connectivity index (χ3n) is 8.20. The number of nitrogens with one attached hydrogen (secondary N) is 2. The summed E-state index contributed by atoms with van der Waals surface area (Å²) in [5.74, 6) is -1.94. The molecule has 0 spiro atoms. The number of benzene rings is 3. The van der Waals surface area contributed by atoms with Crippen molar-refractivity contribution >= 4 is 39.2 Å². The number of aromatic nitrogens is 1. The van der Waals surface area contributed by atoms with Gasteiger partial charge >= 0.3 is 12.1 Å². The maximum Gasteiger partial charge on any atom is 0.416 e. The number of aryl methyl sites for hydroxylation is 2. The lowest BCUT2D eigenvalue weighted by atomic mass is 9.99. The van der Waals surface area contributed by atoms with E-state index < -0.39 is 53.1 Å². The predicted molar refractivity (Wildman–Crippen MR) is 175 cm³/mol. The van der Waals surface area contributed by atoms with Crippen molar-refractivity contribution < 1.29 is 42.1 Å². The Kier molecular flexibility index (Phi) is 10.2. The van der Waals surface area contributed by atoms with Crippen LogP contribution in [0.5, 0.6) is 0 Å². The van der Waals surface area contributed by atoms with E-state index in [4.69, 9.17) is 0 Å². The van der Waals surface area contributed by atoms with Gasteiger partial charge in [-0.05, 0) is 47.7 Å². The number of carbonyl (C=O) groups excluding carboxylic acids is 1. The second-order valence-corrected chi connectivity index (χ2v) is 13.6. The van der Waals surface area contributed by atoms with Gasteiger partial charge in [0.05, 0.1) is 34.7 Å². The first-order valence-electron chi connectivity index (χ1n) is 15.1. The third-order valence-corrected chi connectivity index (χ3v) is 9.96. The molecule has 0 aliphatic carbocycles. The number of aliphatic hydroxyl groups is 1. The Labute approximate surface area is 271 Å². The molecule has 1 aliphatic rings. The van der Waals surface area contributed by atoms with E-state index in [1.54, 1.807) is 12.1 Å². The molecular formula is C33H37F3N4O6S. The summed E-state index contributed by atoms with van der Waals surface area (Å²) in [7, 11) is -3.53. The maximum absolute atomic E-state index is 13.9. The van der Waals surface area contributed by atoms with Crippen LogP contribution in [0.3, 0.4) is 0 Å². The normalized spacial score (nSPS) is 16.4. The lowest BCUT2D eigenvalue weighted by molar-refractivity contribution is -0.137. The van der Waals surface area contributed by atoms with E-state index in [-0.39, 0.29) is 43.1 Å². The number of rotatable bonds is 12. The van der Waals surface area contributed by atoms with Gasteiger partial charge in [0.2, 0.25) is 0 Å². The minimum absolute atomic E-state index is 0.0472. The number of halogens is 3. The van der Waals surface area contributed by atoms with Gasteiger partial charge < -0.3 is 25.4 Å². The highest BCUT2D eigenvalue weighted by Crippen LogP contribution is 2.51. The van der Waals surface area contributed by atoms with E-state index in [1.807, 2.05) is 48.0 Å². The van der Waals surface area contributed by atoms with E-state index >= 15 is 0 Å². The Hall–Kier alpha value is -4.08. The summed E-state index contributed by atoms with van der Waals surface area (Å²) in [6.45, 7) is 1.50. The topological polar surface area (TPSA) is 147 Å². The molecule has 252 valence electrons. The molecule has 1 aromatic heterocycles. The molecule has 0 fully saturated rings. The molecule has 5 rings (SSSR count). The molecule has 1 aliphatic heterocycles. The quantitative estimate of drug-likeness (QED) is 0.119. The fraction of sp³-hybridized carbons (Fsp3) is 0.333. The van der Waals surface area contributed by atoms with E-state index in [9.17, 15) is 42.1 Å². The molecule has 0 saturated carbocycles. The molecule has 14 heteroatoms. The van der Waals surface area contributed by atoms with E-state index in [0.29, 0.717) is 22.9 Å². The molecule has 10 nitrogen and oxygen atoms in total. The van der Waals surface area contributed by atoms with Crippen LogP contribution in [-0.4, -0.2) is 66.8 Å². The van der Waals surface area contributed by atoms with Crippen molar-refractivity contribution in [2.75, 3.05) is 23.1 Å². The first kappa shape index (κ1) is 34.3. The maximum atomic E-state index is 13.9. The number of aliphatic carboxylic acids is 1. The summed E-state index contributed by atoms with van der Waals surface area (Å²) < 4.78 is 64.3. The average molecular weight is 675 g/mol. The van der Waals surface area contributed by atoms with Crippen LogP contribution in [0.2, 0.25) is 0 Å². The van der Waals surface area contributed by atoms with Crippen molar-refractivity contribution in [2.24, 2.45) is 0 Å². The van der Waals surface area contributed by atoms with Gasteiger partial charge in [-0.3, -0.25) is 23.0 Å². The first-order chi connectivity index (χ1) is 22.3. The van der Waals surface area contributed by atoms with Crippen molar-refractivity contribution in [3.63, 3.8) is 0 Å². The minimum Gasteiger partial charge on any atom is -0.480 e. The first-order valence-corrected chi connectivity index (χ1v) is 16.7. The van der Waals surface area contributed by atoms with Crippen LogP contribution in [-0.2, 0) is 36.9 Å². The van der Waals surface area contributed by atoms with E-state index in [0.717, 1.165) is 27.6 Å². The van der Waals surface area contributed by atoms with Gasteiger partial charge in [-0.25, -0.2) is 0 Å². The van der Waals surface area contributed by atoms with Crippen LogP contribution >= 0.6 is 10.8 Å². The Balaban J connectivity index is 1.42. The largest absolute Gasteiger partial charge is 0.480 e. The minimum atomic E-state index is -4.48. The third kappa shape index (κ3) is 7.91. The van der Waals surface area contributed by atoms with Gasteiger partial charge in [-0.1, -0.05) is 55.5 Å². The fourth-order valence-electron chi connectivity index (χ4n) is 5.83. The van der Waals surface area contributed by atoms with Crippen molar-refractivity contribution in [1.82, 2.24) is 15.2 Å². The summed E-state index contributed by atoms with van der Waals surface area (Å²) in [6, 6.07) is 16.3. The molecule has 47 heavy (non-hydrogen) atoms. The molecule has 0 radical (unpaired) electrons. The number of hydrogen-bond acceptors (Lipinski definition) is 7. The van der Waals surface area contributed by atoms with Crippen molar-refractivity contribution in [1.29, 1.82) is 0 Å². The number of amides is 1. The number of hydrogen-bond donors (Lipinski definition) is 6. The number of aliphatic hydroxyl groups excluding tert-OH is 1. The number of alkyl halides is 3. The average Bonchev–Trinajstić information content (AvgIpc) is 3.35. The lowest BCUT2D eigenvalue weighted by Crippen LogP contribution is -2.48. The smallest absolute Gasteiger partial charge is 0.416 e. The fourth-order valence-corrected chi connectivity index (χ4v) is 7.27. The second kappa shape index (κ2) is 14.0. The van der Waals surface area contributed by atoms with Crippen LogP contribution in [0.25, 0.3) is 10.9 Å². The summed E-state index contributed by atoms with van der Waals surface area (Å²) >= 11 is 0. The summed E-state index contributed by atoms with van der Waals surface area (Å²) in [5.41, 5.74) is 2.25. The zero-order valence-electron chi connectivity index (χ0n) is 25.6. The number of anilines is 1. The molecule has 0 saturated heterocycles. The number of carboxylic acid groups (broad SMARTS) is 1. The Morgan fingerprint density at radius 2 is 1.74 bits per heavy atom. The summed E-state index contributed by atoms with van der Waals surface area (Å²) in [5, 5.41) is 27.4. The van der Waals surface area contributed by atoms with Gasteiger partial charge in [0.25, 0.3) is 5.91 Å². The van der Waals surface area contributed by atoms with Gasteiger partial charge in [0, 0.05) is 36.8 Å². The monoisotopic (exact) mass is 674 g/mol. The Morgan fingerprint density at radius 3 is 2.43 bits per heavy atom. The molecule has 2 atom stereocenters. The van der Waals surface area contributed by atoms with Crippen molar-refractivity contribution in [3.8, 4) is 0 Å². The lowest BCUT2D eigenvalue weighted by Gasteiger charge is -2.42. The Morgan fingerprint density at radius 1 is 1.02 bits per heavy atom. The van der Waals surface area contributed by atoms with Gasteiger partial charge in [0.1, 0.15) is 6.54 Å². The number of nitrogens with zero attached hydrogens (tertiary/aromatic N) is 2. The van der Waals surface area contributed by atoms with Gasteiger partial charge in [0.15, 0.2) is 0 Å². The SMILES string of the molecule is CCc1cn2c3c(cc(C(=O)N[C@@H](Cc4ccccc4)[C@H](O)CNCc4cccc(C(F)(F)F)c4)cc13)N(CC(=O)O)S(O)(O)CC2. The summed E-state index contributed by atoms with van der Waals surface area (Å²) in [6.07, 6.45) is -2.93. The molecule has 2 heterocycles. The van der Waals surface area contributed by atoms with Gasteiger partial charge in [-0.2, -0.15) is 13.2 Å². The van der Waals surface area contributed by atoms with E-state index in [1.165, 1.54) is 12.1 Å². The van der Waals surface area contributed by atoms with Crippen molar-refractivity contribution in [2.45, 2.75) is 51.2 Å². The molecule has 0 bridgehead atoms. The number of carbonyl (C=O) groups is 2. The summed E-state index contributed by atoms with van der Waals surface area (Å²) in [4.78, 5) is 25.7. The highest BCUT2D eigenvalue weighted by Gasteiger charge is 2.33. The Bertz CT molecular complexity index is 1750. The number of carboxylic acids is 1. The van der Waals surface area contributed by atoms with Crippen LogP contribution in [0, 0.1) is 0 Å². The van der Waals surface area contributed by atoms with Crippen LogP contribution in [0.15, 0.2) is 72.9 Å².